The van der Waals surface area contributed by atoms with Crippen molar-refractivity contribution < 1.29 is 13.7 Å². The molecule has 0 saturated heterocycles. The minimum atomic E-state index is -0.604. The van der Waals surface area contributed by atoms with Crippen molar-refractivity contribution in [3.63, 3.8) is 0 Å². The molecule has 4 nitrogen and oxygen atoms in total. The van der Waals surface area contributed by atoms with Crippen molar-refractivity contribution >= 4 is 27.3 Å². The van der Waals surface area contributed by atoms with Crippen LogP contribution in [-0.2, 0) is 6.54 Å². The average Bonchev–Trinajstić information content (AvgIpc) is 2.37. The summed E-state index contributed by atoms with van der Waals surface area (Å²) in [5.74, 6) is -1.08. The third-order valence-electron chi connectivity index (χ3n) is 2.66. The van der Waals surface area contributed by atoms with Crippen LogP contribution in [-0.4, -0.2) is 4.92 Å². The van der Waals surface area contributed by atoms with Crippen LogP contribution in [0.2, 0.25) is 0 Å². The number of nitro benzene ring substituents is 1. The summed E-state index contributed by atoms with van der Waals surface area (Å²) in [7, 11) is 0. The van der Waals surface area contributed by atoms with E-state index in [2.05, 4.69) is 21.2 Å². The van der Waals surface area contributed by atoms with Crippen LogP contribution in [0.5, 0.6) is 0 Å². The molecular formula is C13H9BrF2N2O2. The summed E-state index contributed by atoms with van der Waals surface area (Å²) in [6, 6.07) is 7.57. The molecular weight excluding hydrogens is 334 g/mol. The highest BCUT2D eigenvalue weighted by Gasteiger charge is 2.15. The molecule has 0 atom stereocenters. The number of anilines is 1. The molecule has 7 heteroatoms. The zero-order valence-electron chi connectivity index (χ0n) is 10.1. The minimum Gasteiger partial charge on any atom is -0.377 e. The Morgan fingerprint density at radius 2 is 2.00 bits per heavy atom. The predicted octanol–water partition coefficient (Wildman–Crippen LogP) is 4.25. The fourth-order valence-electron chi connectivity index (χ4n) is 1.72. The highest BCUT2D eigenvalue weighted by atomic mass is 79.9. The van der Waals surface area contributed by atoms with Gasteiger partial charge in [-0.1, -0.05) is 6.07 Å². The summed E-state index contributed by atoms with van der Waals surface area (Å²) in [4.78, 5) is 10.2. The smallest absolute Gasteiger partial charge is 0.274 e. The highest BCUT2D eigenvalue weighted by Crippen LogP contribution is 2.27. The Bertz CT molecular complexity index is 645. The Balaban J connectivity index is 2.27. The fourth-order valence-corrected chi connectivity index (χ4v) is 2.21. The van der Waals surface area contributed by atoms with Gasteiger partial charge in [-0.3, -0.25) is 10.1 Å². The quantitative estimate of drug-likeness (QED) is 0.667. The molecule has 2 rings (SSSR count). The maximum absolute atomic E-state index is 13.6. The second-order valence-electron chi connectivity index (χ2n) is 3.98. The zero-order valence-corrected chi connectivity index (χ0v) is 11.7. The van der Waals surface area contributed by atoms with E-state index in [1.165, 1.54) is 12.1 Å². The maximum atomic E-state index is 13.6. The van der Waals surface area contributed by atoms with Gasteiger partial charge in [0.1, 0.15) is 11.6 Å². The van der Waals surface area contributed by atoms with Gasteiger partial charge in [0.25, 0.3) is 5.69 Å². The van der Waals surface area contributed by atoms with E-state index in [1.54, 1.807) is 6.07 Å². The predicted molar refractivity (Wildman–Crippen MR) is 74.5 cm³/mol. The Hall–Kier alpha value is -2.02. The molecule has 0 saturated carbocycles. The Labute approximate surface area is 121 Å². The molecule has 0 unspecified atom stereocenters. The van der Waals surface area contributed by atoms with Gasteiger partial charge >= 0.3 is 0 Å². The highest BCUT2D eigenvalue weighted by molar-refractivity contribution is 9.10. The molecule has 0 bridgehead atoms. The van der Waals surface area contributed by atoms with Crippen molar-refractivity contribution in [2.45, 2.75) is 6.54 Å². The lowest BCUT2D eigenvalue weighted by atomic mass is 10.1. The van der Waals surface area contributed by atoms with E-state index in [-0.39, 0.29) is 23.5 Å². The molecule has 0 aromatic heterocycles. The van der Waals surface area contributed by atoms with Crippen LogP contribution in [0.25, 0.3) is 0 Å². The van der Waals surface area contributed by atoms with Crippen molar-refractivity contribution in [2.75, 3.05) is 5.32 Å². The van der Waals surface area contributed by atoms with Gasteiger partial charge in [0, 0.05) is 17.1 Å². The number of nitro groups is 1. The van der Waals surface area contributed by atoms with E-state index in [1.807, 2.05) is 0 Å². The first-order chi connectivity index (χ1) is 9.49. The molecule has 0 aliphatic rings. The van der Waals surface area contributed by atoms with Crippen molar-refractivity contribution in [1.29, 1.82) is 0 Å². The summed E-state index contributed by atoms with van der Waals surface area (Å²) in [5, 5.41) is 13.6. The standard InChI is InChI=1S/C13H9BrF2N2O2/c14-10-2-1-3-11(16)13(10)17-7-8-6-9(15)4-5-12(8)18(19)20/h1-6,17H,7H2. The molecule has 2 aromatic carbocycles. The van der Waals surface area contributed by atoms with E-state index in [4.69, 9.17) is 0 Å². The van der Waals surface area contributed by atoms with Crippen molar-refractivity contribution in [1.82, 2.24) is 0 Å². The molecule has 0 heterocycles. The van der Waals surface area contributed by atoms with E-state index < -0.39 is 16.6 Å². The van der Waals surface area contributed by atoms with Gasteiger partial charge in [-0.05, 0) is 40.2 Å². The van der Waals surface area contributed by atoms with Crippen LogP contribution >= 0.6 is 15.9 Å². The maximum Gasteiger partial charge on any atom is 0.274 e. The van der Waals surface area contributed by atoms with Gasteiger partial charge in [0.2, 0.25) is 0 Å². The van der Waals surface area contributed by atoms with E-state index in [0.717, 1.165) is 18.2 Å². The first kappa shape index (κ1) is 14.4. The SMILES string of the molecule is O=[N+]([O-])c1ccc(F)cc1CNc1c(F)cccc1Br. The van der Waals surface area contributed by atoms with Crippen LogP contribution in [0.15, 0.2) is 40.9 Å². The van der Waals surface area contributed by atoms with E-state index >= 15 is 0 Å². The summed E-state index contributed by atoms with van der Waals surface area (Å²) in [6.07, 6.45) is 0. The molecule has 0 radical (unpaired) electrons. The summed E-state index contributed by atoms with van der Waals surface area (Å²) in [6.45, 7) is -0.0619. The topological polar surface area (TPSA) is 55.2 Å². The van der Waals surface area contributed by atoms with Crippen molar-refractivity contribution in [3.05, 3.63) is 68.2 Å². The van der Waals surface area contributed by atoms with Crippen LogP contribution < -0.4 is 5.32 Å². The first-order valence-electron chi connectivity index (χ1n) is 5.59. The van der Waals surface area contributed by atoms with Crippen molar-refractivity contribution in [2.24, 2.45) is 0 Å². The van der Waals surface area contributed by atoms with E-state index in [9.17, 15) is 18.9 Å². The molecule has 0 aliphatic carbocycles. The number of hydrogen-bond acceptors (Lipinski definition) is 3. The van der Waals surface area contributed by atoms with Gasteiger partial charge in [0.05, 0.1) is 16.2 Å². The Kier molecular flexibility index (Phi) is 4.29. The average molecular weight is 343 g/mol. The normalized spacial score (nSPS) is 10.3. The molecule has 2 aromatic rings. The Morgan fingerprint density at radius 3 is 2.65 bits per heavy atom. The molecule has 0 amide bonds. The van der Waals surface area contributed by atoms with Gasteiger partial charge in [-0.25, -0.2) is 8.78 Å². The second kappa shape index (κ2) is 5.96. The lowest BCUT2D eigenvalue weighted by molar-refractivity contribution is -0.385. The molecule has 104 valence electrons. The lowest BCUT2D eigenvalue weighted by Crippen LogP contribution is -2.05. The number of para-hydroxylation sites is 1. The summed E-state index contributed by atoms with van der Waals surface area (Å²) < 4.78 is 27.2. The Morgan fingerprint density at radius 1 is 1.25 bits per heavy atom. The number of benzene rings is 2. The largest absolute Gasteiger partial charge is 0.377 e. The van der Waals surface area contributed by atoms with Crippen LogP contribution in [0.4, 0.5) is 20.2 Å². The summed E-state index contributed by atoms with van der Waals surface area (Å²) in [5.41, 5.74) is 0.0996. The minimum absolute atomic E-state index is 0.0619. The van der Waals surface area contributed by atoms with Gasteiger partial charge in [0.15, 0.2) is 0 Å². The lowest BCUT2D eigenvalue weighted by Gasteiger charge is -2.10. The van der Waals surface area contributed by atoms with Gasteiger partial charge < -0.3 is 5.32 Å². The number of nitrogens with zero attached hydrogens (tertiary/aromatic N) is 1. The van der Waals surface area contributed by atoms with E-state index in [0.29, 0.717) is 4.47 Å². The van der Waals surface area contributed by atoms with Gasteiger partial charge in [-0.2, -0.15) is 0 Å². The molecule has 20 heavy (non-hydrogen) atoms. The molecule has 0 aliphatic heterocycles. The number of hydrogen-bond donors (Lipinski definition) is 1. The van der Waals surface area contributed by atoms with Crippen LogP contribution in [0.1, 0.15) is 5.56 Å². The fraction of sp³-hybridized carbons (Fsp3) is 0.0769. The zero-order chi connectivity index (χ0) is 14.7. The second-order valence-corrected chi connectivity index (χ2v) is 4.83. The monoisotopic (exact) mass is 342 g/mol. The number of rotatable bonds is 4. The third kappa shape index (κ3) is 3.11. The van der Waals surface area contributed by atoms with Crippen LogP contribution in [0.3, 0.4) is 0 Å². The van der Waals surface area contributed by atoms with Crippen molar-refractivity contribution in [3.8, 4) is 0 Å². The molecule has 1 N–H and O–H groups in total. The summed E-state index contributed by atoms with van der Waals surface area (Å²) >= 11 is 3.17. The number of halogens is 3. The molecule has 0 fully saturated rings. The third-order valence-corrected chi connectivity index (χ3v) is 3.32. The van der Waals surface area contributed by atoms with Crippen LogP contribution in [0, 0.1) is 21.7 Å². The van der Waals surface area contributed by atoms with Gasteiger partial charge in [-0.15, -0.1) is 0 Å². The molecule has 0 spiro atoms. The first-order valence-corrected chi connectivity index (χ1v) is 6.39. The number of nitrogens with one attached hydrogen (secondary N) is 1.